The molecule has 1 aliphatic heterocycles. The van der Waals surface area contributed by atoms with Gasteiger partial charge in [0.25, 0.3) is 0 Å². The molecule has 1 fully saturated rings. The molecule has 0 bridgehead atoms. The van der Waals surface area contributed by atoms with Crippen LogP contribution in [0, 0.1) is 5.21 Å². The zero-order valence-corrected chi connectivity index (χ0v) is 22.1. The molecule has 218 valence electrons. The molecular formula is C30H28F6N2O3. The number of hydrogen-bond acceptors (Lipinski definition) is 3. The summed E-state index contributed by atoms with van der Waals surface area (Å²) < 4.78 is 84.2. The van der Waals surface area contributed by atoms with Gasteiger partial charge >= 0.3 is 18.4 Å². The minimum Gasteiger partial charge on any atom is -0.633 e. The summed E-state index contributed by atoms with van der Waals surface area (Å²) in [7, 11) is 0. The highest BCUT2D eigenvalue weighted by Crippen LogP contribution is 2.38. The third-order valence-corrected chi connectivity index (χ3v) is 6.92. The van der Waals surface area contributed by atoms with Crippen molar-refractivity contribution in [3.05, 3.63) is 111 Å². The number of piperidine rings is 1. The molecule has 1 aliphatic rings. The molecule has 0 saturated carbocycles. The summed E-state index contributed by atoms with van der Waals surface area (Å²) in [5.74, 6) is 0. The zero-order chi connectivity index (χ0) is 29.8. The van der Waals surface area contributed by atoms with E-state index in [1.807, 2.05) is 0 Å². The van der Waals surface area contributed by atoms with Gasteiger partial charge in [-0.05, 0) is 60.0 Å². The van der Waals surface area contributed by atoms with Crippen LogP contribution >= 0.6 is 0 Å². The van der Waals surface area contributed by atoms with Crippen LogP contribution in [-0.4, -0.2) is 30.4 Å². The van der Waals surface area contributed by atoms with Gasteiger partial charge in [-0.2, -0.15) is 26.3 Å². The molecule has 3 aromatic rings. The van der Waals surface area contributed by atoms with Gasteiger partial charge in [0.1, 0.15) is 6.54 Å². The standard InChI is InChI=1S/C30H28F6N2O3/c1-2-41-28(39)37-26-12-6-20(7-13-26)19-38(40)16-14-22(15-17-38)27(21-8-10-24(11-9-21)29(31,32)33)23-4-3-5-25(18-23)30(34,35)36/h3-13,18H,2,14-17,19H2,1H3,(H,37,39). The number of alkyl halides is 6. The lowest BCUT2D eigenvalue weighted by atomic mass is 9.87. The third kappa shape index (κ3) is 7.68. The van der Waals surface area contributed by atoms with Crippen molar-refractivity contribution < 1.29 is 40.5 Å². The lowest BCUT2D eigenvalue weighted by molar-refractivity contribution is -0.896. The van der Waals surface area contributed by atoms with E-state index >= 15 is 0 Å². The number of halogens is 6. The average Bonchev–Trinajstić information content (AvgIpc) is 2.91. The normalized spacial score (nSPS) is 17.7. The van der Waals surface area contributed by atoms with Crippen molar-refractivity contribution in [2.24, 2.45) is 0 Å². The predicted molar refractivity (Wildman–Crippen MR) is 142 cm³/mol. The zero-order valence-electron chi connectivity index (χ0n) is 22.1. The van der Waals surface area contributed by atoms with Crippen LogP contribution in [0.4, 0.5) is 36.8 Å². The summed E-state index contributed by atoms with van der Waals surface area (Å²) in [4.78, 5) is 11.6. The molecule has 0 aromatic heterocycles. The first-order valence-corrected chi connectivity index (χ1v) is 12.9. The van der Waals surface area contributed by atoms with E-state index in [0.717, 1.165) is 29.8 Å². The van der Waals surface area contributed by atoms with E-state index in [4.69, 9.17) is 4.74 Å². The summed E-state index contributed by atoms with van der Waals surface area (Å²) in [6.07, 6.45) is -9.22. The van der Waals surface area contributed by atoms with Crippen LogP contribution in [0.15, 0.2) is 78.4 Å². The average molecular weight is 579 g/mol. The van der Waals surface area contributed by atoms with Crippen LogP contribution in [0.1, 0.15) is 47.6 Å². The third-order valence-electron chi connectivity index (χ3n) is 6.92. The van der Waals surface area contributed by atoms with Crippen molar-refractivity contribution in [1.29, 1.82) is 0 Å². The molecule has 3 aromatic carbocycles. The fraction of sp³-hybridized carbons (Fsp3) is 0.300. The van der Waals surface area contributed by atoms with Crippen molar-refractivity contribution in [2.45, 2.75) is 38.7 Å². The van der Waals surface area contributed by atoms with Gasteiger partial charge in [0, 0.05) is 24.1 Å². The summed E-state index contributed by atoms with van der Waals surface area (Å²) in [5, 5.41) is 16.1. The van der Waals surface area contributed by atoms with E-state index in [1.165, 1.54) is 24.3 Å². The van der Waals surface area contributed by atoms with Crippen molar-refractivity contribution in [1.82, 2.24) is 0 Å². The number of hydrogen-bond donors (Lipinski definition) is 1. The molecule has 0 aliphatic carbocycles. The SMILES string of the molecule is CCOC(=O)Nc1ccc(C[N+]2([O-])CCC(=C(c3ccc(C(F)(F)F)cc3)c3cccc(C(F)(F)F)c3)CC2)cc1. The number of ether oxygens (including phenoxy) is 1. The van der Waals surface area contributed by atoms with Crippen LogP contribution in [0.3, 0.4) is 0 Å². The Labute approximate surface area is 233 Å². The van der Waals surface area contributed by atoms with Gasteiger partial charge in [-0.15, -0.1) is 0 Å². The van der Waals surface area contributed by atoms with Gasteiger partial charge in [0.2, 0.25) is 0 Å². The van der Waals surface area contributed by atoms with E-state index in [-0.39, 0.29) is 44.6 Å². The van der Waals surface area contributed by atoms with Crippen molar-refractivity contribution >= 4 is 17.4 Å². The number of carbonyl (C=O) groups is 1. The van der Waals surface area contributed by atoms with Crippen LogP contribution in [0.5, 0.6) is 0 Å². The molecule has 4 rings (SSSR count). The van der Waals surface area contributed by atoms with Gasteiger partial charge in [-0.1, -0.05) is 42.0 Å². The van der Waals surface area contributed by atoms with Crippen molar-refractivity contribution in [3.8, 4) is 0 Å². The first kappa shape index (κ1) is 30.1. The number of nitrogens with one attached hydrogen (secondary N) is 1. The number of anilines is 1. The molecule has 1 heterocycles. The second-order valence-corrected chi connectivity index (χ2v) is 9.84. The summed E-state index contributed by atoms with van der Waals surface area (Å²) in [6, 6.07) is 15.8. The van der Waals surface area contributed by atoms with Crippen LogP contribution < -0.4 is 5.32 Å². The highest BCUT2D eigenvalue weighted by molar-refractivity contribution is 5.84. The molecular weight excluding hydrogens is 550 g/mol. The molecule has 1 N–H and O–H groups in total. The van der Waals surface area contributed by atoms with Crippen LogP contribution in [0.25, 0.3) is 5.57 Å². The largest absolute Gasteiger partial charge is 0.633 e. The minimum absolute atomic E-state index is 0.140. The molecule has 1 amide bonds. The summed E-state index contributed by atoms with van der Waals surface area (Å²) in [5.41, 5.74) is 1.21. The number of benzene rings is 3. The molecule has 0 radical (unpaired) electrons. The quantitative estimate of drug-likeness (QED) is 0.182. The lowest BCUT2D eigenvalue weighted by Gasteiger charge is -2.46. The van der Waals surface area contributed by atoms with E-state index < -0.39 is 34.2 Å². The first-order chi connectivity index (χ1) is 19.3. The lowest BCUT2D eigenvalue weighted by Crippen LogP contribution is -2.46. The molecule has 1 saturated heterocycles. The first-order valence-electron chi connectivity index (χ1n) is 12.9. The predicted octanol–water partition coefficient (Wildman–Crippen LogP) is 8.40. The van der Waals surface area contributed by atoms with Gasteiger partial charge in [-0.25, -0.2) is 4.79 Å². The number of likely N-dealkylation sites (tertiary alicyclic amines) is 1. The monoisotopic (exact) mass is 578 g/mol. The maximum atomic E-state index is 13.6. The fourth-order valence-electron chi connectivity index (χ4n) is 4.89. The smallest absolute Gasteiger partial charge is 0.416 e. The van der Waals surface area contributed by atoms with Crippen LogP contribution in [-0.2, 0) is 23.6 Å². The topological polar surface area (TPSA) is 61.4 Å². The molecule has 41 heavy (non-hydrogen) atoms. The van der Waals surface area contributed by atoms with Gasteiger partial charge < -0.3 is 14.6 Å². The number of hydroxylamine groups is 3. The Morgan fingerprint density at radius 1 is 0.854 bits per heavy atom. The summed E-state index contributed by atoms with van der Waals surface area (Å²) >= 11 is 0. The summed E-state index contributed by atoms with van der Waals surface area (Å²) in [6.45, 7) is 2.34. The minimum atomic E-state index is -4.60. The van der Waals surface area contributed by atoms with Gasteiger partial charge in [0.05, 0.1) is 30.8 Å². The number of amides is 1. The second kappa shape index (κ2) is 12.0. The van der Waals surface area contributed by atoms with Crippen molar-refractivity contribution in [2.75, 3.05) is 25.0 Å². The number of carbonyl (C=O) groups excluding carboxylic acids is 1. The Morgan fingerprint density at radius 3 is 2.02 bits per heavy atom. The van der Waals surface area contributed by atoms with Gasteiger partial charge in [-0.3, -0.25) is 5.32 Å². The highest BCUT2D eigenvalue weighted by Gasteiger charge is 2.33. The highest BCUT2D eigenvalue weighted by atomic mass is 19.4. The number of quaternary nitrogens is 1. The Hall–Kier alpha value is -3.83. The molecule has 0 spiro atoms. The maximum Gasteiger partial charge on any atom is 0.416 e. The van der Waals surface area contributed by atoms with E-state index in [2.05, 4.69) is 5.32 Å². The molecule has 11 heteroatoms. The van der Waals surface area contributed by atoms with Crippen molar-refractivity contribution in [3.63, 3.8) is 0 Å². The second-order valence-electron chi connectivity index (χ2n) is 9.84. The van der Waals surface area contributed by atoms with E-state index in [1.54, 1.807) is 31.2 Å². The van der Waals surface area contributed by atoms with Crippen LogP contribution in [0.2, 0.25) is 0 Å². The van der Waals surface area contributed by atoms with E-state index in [9.17, 15) is 36.3 Å². The molecule has 0 atom stereocenters. The Kier molecular flexibility index (Phi) is 8.79. The Balaban J connectivity index is 1.59. The number of rotatable bonds is 6. The Morgan fingerprint density at radius 2 is 1.46 bits per heavy atom. The molecule has 0 unspecified atom stereocenters. The number of nitrogens with zero attached hydrogens (tertiary/aromatic N) is 1. The Bertz CT molecular complexity index is 1390. The van der Waals surface area contributed by atoms with E-state index in [0.29, 0.717) is 22.4 Å². The maximum absolute atomic E-state index is 13.6. The molecule has 5 nitrogen and oxygen atoms in total. The van der Waals surface area contributed by atoms with Gasteiger partial charge in [0.15, 0.2) is 0 Å². The fourth-order valence-corrected chi connectivity index (χ4v) is 4.89.